The van der Waals surface area contributed by atoms with Gasteiger partial charge in [-0.1, -0.05) is 61.5 Å². The number of nitrogens with one attached hydrogen (secondary N) is 1. The second-order valence-electron chi connectivity index (χ2n) is 6.66. The van der Waals surface area contributed by atoms with Gasteiger partial charge >= 0.3 is 0 Å². The van der Waals surface area contributed by atoms with Gasteiger partial charge in [0.1, 0.15) is 11.4 Å². The fraction of sp³-hybridized carbons (Fsp3) is 0.333. The normalized spacial score (nSPS) is 11.8. The fourth-order valence-electron chi connectivity index (χ4n) is 3.05. The van der Waals surface area contributed by atoms with E-state index in [-0.39, 0.29) is 17.7 Å². The molecule has 152 valence electrons. The standard InChI is InChI=1S/C21H25N5O2S/c1-4-8-17(16-9-6-5-7-10-16)22-20(27)14-29-21-23-24-25-26(21)18-13-15(2)11-12-19(18)28-3/h5-7,9-13,17H,4,8,14H2,1-3H3,(H,22,27)/t17-/m0/s1. The molecule has 0 spiro atoms. The van der Waals surface area contributed by atoms with Crippen LogP contribution in [0.3, 0.4) is 0 Å². The maximum Gasteiger partial charge on any atom is 0.230 e. The molecule has 3 aromatic rings. The molecular weight excluding hydrogens is 386 g/mol. The molecule has 0 saturated heterocycles. The first-order chi connectivity index (χ1) is 14.1. The number of aryl methyl sites for hydroxylation is 1. The van der Waals surface area contributed by atoms with Crippen molar-refractivity contribution in [2.24, 2.45) is 0 Å². The van der Waals surface area contributed by atoms with Crippen LogP contribution >= 0.6 is 11.8 Å². The summed E-state index contributed by atoms with van der Waals surface area (Å²) in [5.41, 5.74) is 2.92. The maximum atomic E-state index is 12.6. The van der Waals surface area contributed by atoms with E-state index in [9.17, 15) is 4.79 Å². The molecule has 0 saturated carbocycles. The van der Waals surface area contributed by atoms with Gasteiger partial charge in [0.25, 0.3) is 0 Å². The molecule has 1 atom stereocenters. The molecule has 8 heteroatoms. The zero-order valence-electron chi connectivity index (χ0n) is 16.8. The van der Waals surface area contributed by atoms with Crippen molar-refractivity contribution in [1.29, 1.82) is 0 Å². The monoisotopic (exact) mass is 411 g/mol. The highest BCUT2D eigenvalue weighted by molar-refractivity contribution is 7.99. The van der Waals surface area contributed by atoms with E-state index in [4.69, 9.17) is 4.74 Å². The van der Waals surface area contributed by atoms with Gasteiger partial charge in [-0.05, 0) is 47.0 Å². The van der Waals surface area contributed by atoms with E-state index < -0.39 is 0 Å². The van der Waals surface area contributed by atoms with Crippen LogP contribution in [0.1, 0.15) is 36.9 Å². The molecule has 0 aliphatic heterocycles. The number of carbonyl (C=O) groups is 1. The number of hydrogen-bond donors (Lipinski definition) is 1. The number of benzene rings is 2. The predicted molar refractivity (Wildman–Crippen MR) is 113 cm³/mol. The van der Waals surface area contributed by atoms with Gasteiger partial charge in [0.15, 0.2) is 0 Å². The zero-order valence-corrected chi connectivity index (χ0v) is 17.6. The third kappa shape index (κ3) is 5.35. The summed E-state index contributed by atoms with van der Waals surface area (Å²) in [4.78, 5) is 12.6. The van der Waals surface area contributed by atoms with E-state index >= 15 is 0 Å². The highest BCUT2D eigenvalue weighted by Crippen LogP contribution is 2.27. The number of hydrogen-bond acceptors (Lipinski definition) is 6. The van der Waals surface area contributed by atoms with Gasteiger partial charge in [0, 0.05) is 0 Å². The van der Waals surface area contributed by atoms with Crippen molar-refractivity contribution in [2.75, 3.05) is 12.9 Å². The van der Waals surface area contributed by atoms with E-state index in [0.29, 0.717) is 10.9 Å². The van der Waals surface area contributed by atoms with Crippen molar-refractivity contribution in [1.82, 2.24) is 25.5 Å². The summed E-state index contributed by atoms with van der Waals surface area (Å²) < 4.78 is 7.03. The summed E-state index contributed by atoms with van der Waals surface area (Å²) >= 11 is 1.30. The molecule has 3 rings (SSSR count). The summed E-state index contributed by atoms with van der Waals surface area (Å²) in [5.74, 6) is 0.839. The van der Waals surface area contributed by atoms with Crippen LogP contribution in [0.2, 0.25) is 0 Å². The number of aromatic nitrogens is 4. The molecule has 1 amide bonds. The highest BCUT2D eigenvalue weighted by Gasteiger charge is 2.17. The van der Waals surface area contributed by atoms with Crippen molar-refractivity contribution in [2.45, 2.75) is 37.9 Å². The lowest BCUT2D eigenvalue weighted by atomic mass is 10.0. The van der Waals surface area contributed by atoms with E-state index in [2.05, 4.69) is 27.8 Å². The molecule has 1 heterocycles. The van der Waals surface area contributed by atoms with Crippen LogP contribution in [0.4, 0.5) is 0 Å². The van der Waals surface area contributed by atoms with Crippen molar-refractivity contribution in [3.63, 3.8) is 0 Å². The van der Waals surface area contributed by atoms with Crippen molar-refractivity contribution >= 4 is 17.7 Å². The van der Waals surface area contributed by atoms with Crippen LogP contribution in [0.25, 0.3) is 5.69 Å². The van der Waals surface area contributed by atoms with Crippen LogP contribution in [-0.2, 0) is 4.79 Å². The van der Waals surface area contributed by atoms with Crippen molar-refractivity contribution in [3.05, 3.63) is 59.7 Å². The fourth-order valence-corrected chi connectivity index (χ4v) is 3.74. The molecule has 0 fully saturated rings. The van der Waals surface area contributed by atoms with Gasteiger partial charge in [-0.3, -0.25) is 4.79 Å². The summed E-state index contributed by atoms with van der Waals surface area (Å²) in [6.45, 7) is 4.10. The molecular formula is C21H25N5O2S. The summed E-state index contributed by atoms with van der Waals surface area (Å²) in [7, 11) is 1.61. The number of nitrogens with zero attached hydrogens (tertiary/aromatic N) is 4. The molecule has 0 aliphatic rings. The lowest BCUT2D eigenvalue weighted by molar-refractivity contribution is -0.119. The number of thioether (sulfide) groups is 1. The van der Waals surface area contributed by atoms with Gasteiger partial charge < -0.3 is 10.1 Å². The average molecular weight is 412 g/mol. The minimum Gasteiger partial charge on any atom is -0.494 e. The van der Waals surface area contributed by atoms with Crippen molar-refractivity contribution in [3.8, 4) is 11.4 Å². The first-order valence-corrected chi connectivity index (χ1v) is 10.5. The minimum atomic E-state index is -0.0527. The summed E-state index contributed by atoms with van der Waals surface area (Å²) in [6, 6.07) is 15.8. The number of carbonyl (C=O) groups excluding carboxylic acids is 1. The van der Waals surface area contributed by atoms with E-state index in [1.165, 1.54) is 11.8 Å². The number of rotatable bonds is 9. The average Bonchev–Trinajstić information content (AvgIpc) is 3.21. The maximum absolute atomic E-state index is 12.6. The molecule has 0 radical (unpaired) electrons. The highest BCUT2D eigenvalue weighted by atomic mass is 32.2. The Morgan fingerprint density at radius 3 is 2.76 bits per heavy atom. The van der Waals surface area contributed by atoms with Crippen LogP contribution in [0, 0.1) is 6.92 Å². The van der Waals surface area contributed by atoms with Crippen LogP contribution in [-0.4, -0.2) is 39.0 Å². The van der Waals surface area contributed by atoms with Crippen LogP contribution in [0.5, 0.6) is 5.75 Å². The van der Waals surface area contributed by atoms with Crippen LogP contribution < -0.4 is 10.1 Å². The molecule has 1 aromatic heterocycles. The second-order valence-corrected chi connectivity index (χ2v) is 7.60. The molecule has 29 heavy (non-hydrogen) atoms. The molecule has 0 aliphatic carbocycles. The van der Waals surface area contributed by atoms with E-state index in [1.807, 2.05) is 55.5 Å². The van der Waals surface area contributed by atoms with Gasteiger partial charge in [-0.15, -0.1) is 5.10 Å². The number of amides is 1. The van der Waals surface area contributed by atoms with Crippen LogP contribution in [0.15, 0.2) is 53.7 Å². The zero-order chi connectivity index (χ0) is 20.6. The minimum absolute atomic E-state index is 0.00200. The van der Waals surface area contributed by atoms with Gasteiger partial charge in [0.2, 0.25) is 11.1 Å². The molecule has 1 N–H and O–H groups in total. The Balaban J connectivity index is 1.69. The van der Waals surface area contributed by atoms with E-state index in [1.54, 1.807) is 11.8 Å². The number of ether oxygens (including phenoxy) is 1. The Morgan fingerprint density at radius 2 is 2.03 bits per heavy atom. The molecule has 7 nitrogen and oxygen atoms in total. The Bertz CT molecular complexity index is 945. The Labute approximate surface area is 174 Å². The largest absolute Gasteiger partial charge is 0.494 e. The molecule has 0 bridgehead atoms. The second kappa shape index (κ2) is 10.1. The topological polar surface area (TPSA) is 81.9 Å². The van der Waals surface area contributed by atoms with Gasteiger partial charge in [-0.25, -0.2) is 0 Å². The smallest absolute Gasteiger partial charge is 0.230 e. The Kier molecular flexibility index (Phi) is 7.24. The number of tetrazole rings is 1. The quantitative estimate of drug-likeness (QED) is 0.540. The third-order valence-corrected chi connectivity index (χ3v) is 5.37. The lowest BCUT2D eigenvalue weighted by Gasteiger charge is -2.18. The number of methoxy groups -OCH3 is 1. The lowest BCUT2D eigenvalue weighted by Crippen LogP contribution is -2.30. The summed E-state index contributed by atoms with van der Waals surface area (Å²) in [5, 5.41) is 15.6. The summed E-state index contributed by atoms with van der Waals surface area (Å²) in [6.07, 6.45) is 1.87. The SMILES string of the molecule is CCC[C@H](NC(=O)CSc1nnnn1-c1cc(C)ccc1OC)c1ccccc1. The Morgan fingerprint density at radius 1 is 1.24 bits per heavy atom. The molecule has 2 aromatic carbocycles. The van der Waals surface area contributed by atoms with Gasteiger partial charge in [0.05, 0.1) is 18.9 Å². The Hall–Kier alpha value is -2.87. The van der Waals surface area contributed by atoms with Crippen molar-refractivity contribution < 1.29 is 9.53 Å². The van der Waals surface area contributed by atoms with E-state index in [0.717, 1.165) is 29.7 Å². The first kappa shape index (κ1) is 20.9. The molecule has 0 unspecified atom stereocenters. The predicted octanol–water partition coefficient (Wildman–Crippen LogP) is 3.73. The third-order valence-electron chi connectivity index (χ3n) is 4.45. The first-order valence-electron chi connectivity index (χ1n) is 9.53. The van der Waals surface area contributed by atoms with Gasteiger partial charge in [-0.2, -0.15) is 4.68 Å².